The van der Waals surface area contributed by atoms with Gasteiger partial charge in [0.1, 0.15) is 0 Å². The molecule has 2 unspecified atom stereocenters. The highest BCUT2D eigenvalue weighted by Gasteiger charge is 2.13. The number of alkyl halides is 1. The third kappa shape index (κ3) is 4.86. The molecular weight excluding hydrogens is 348 g/mol. The zero-order chi connectivity index (χ0) is 15.2. The normalized spacial score (nSPS) is 14.1. The average Bonchev–Trinajstić information content (AvgIpc) is 2.94. The summed E-state index contributed by atoms with van der Waals surface area (Å²) in [6.45, 7) is 4.39. The van der Waals surface area contributed by atoms with Gasteiger partial charge in [-0.1, -0.05) is 46.6 Å². The molecule has 0 spiro atoms. The van der Waals surface area contributed by atoms with Crippen LogP contribution < -0.4 is 0 Å². The van der Waals surface area contributed by atoms with E-state index >= 15 is 0 Å². The summed E-state index contributed by atoms with van der Waals surface area (Å²) in [5.74, 6) is 0.531. The number of nitrogens with zero attached hydrogens (tertiary/aromatic N) is 2. The number of rotatable bonds is 7. The Kier molecular flexibility index (Phi) is 6.31. The first kappa shape index (κ1) is 16.6. The van der Waals surface area contributed by atoms with Crippen molar-refractivity contribution >= 4 is 27.5 Å². The van der Waals surface area contributed by atoms with Gasteiger partial charge in [-0.15, -0.1) is 0 Å². The first-order valence-corrected chi connectivity index (χ1v) is 8.96. The maximum Gasteiger partial charge on any atom is 0.0627 e. The summed E-state index contributed by atoms with van der Waals surface area (Å²) in [5.41, 5.74) is 2.45. The lowest BCUT2D eigenvalue weighted by Gasteiger charge is -2.13. The molecule has 2 rings (SSSR count). The van der Waals surface area contributed by atoms with Gasteiger partial charge in [0, 0.05) is 22.6 Å². The summed E-state index contributed by atoms with van der Waals surface area (Å²) < 4.78 is 2.07. The Labute approximate surface area is 140 Å². The molecule has 0 aliphatic rings. The van der Waals surface area contributed by atoms with Gasteiger partial charge in [0.2, 0.25) is 0 Å². The van der Waals surface area contributed by atoms with Gasteiger partial charge >= 0.3 is 0 Å². The molecule has 0 radical (unpaired) electrons. The summed E-state index contributed by atoms with van der Waals surface area (Å²) in [6.07, 6.45) is 5.20. The second-order valence-corrected chi connectivity index (χ2v) is 6.69. The van der Waals surface area contributed by atoms with E-state index in [4.69, 9.17) is 16.7 Å². The number of aromatic nitrogens is 2. The quantitative estimate of drug-likeness (QED) is 0.605. The van der Waals surface area contributed by atoms with Gasteiger partial charge in [-0.05, 0) is 55.9 Å². The maximum atomic E-state index is 6.06. The molecule has 0 aliphatic heterocycles. The molecule has 21 heavy (non-hydrogen) atoms. The van der Waals surface area contributed by atoms with E-state index in [9.17, 15) is 0 Å². The van der Waals surface area contributed by atoms with Crippen molar-refractivity contribution in [2.75, 3.05) is 5.33 Å². The Hall–Kier alpha value is -0.800. The molecule has 2 atom stereocenters. The van der Waals surface area contributed by atoms with Gasteiger partial charge in [-0.25, -0.2) is 0 Å². The van der Waals surface area contributed by atoms with Crippen molar-refractivity contribution in [3.05, 3.63) is 52.8 Å². The topological polar surface area (TPSA) is 17.8 Å². The molecule has 0 aliphatic carbocycles. The van der Waals surface area contributed by atoms with E-state index in [-0.39, 0.29) is 0 Å². The Morgan fingerprint density at radius 3 is 2.76 bits per heavy atom. The molecule has 4 heteroatoms. The predicted octanol–water partition coefficient (Wildman–Crippen LogP) is 5.30. The van der Waals surface area contributed by atoms with Crippen LogP contribution in [0.5, 0.6) is 0 Å². The monoisotopic (exact) mass is 368 g/mol. The van der Waals surface area contributed by atoms with E-state index in [2.05, 4.69) is 58.9 Å². The van der Waals surface area contributed by atoms with E-state index in [0.29, 0.717) is 12.0 Å². The number of benzene rings is 1. The zero-order valence-corrected chi connectivity index (χ0v) is 14.9. The Morgan fingerprint density at radius 2 is 2.10 bits per heavy atom. The summed E-state index contributed by atoms with van der Waals surface area (Å²) in [6, 6.07) is 10.7. The van der Waals surface area contributed by atoms with Crippen LogP contribution in [0.1, 0.15) is 37.6 Å². The first-order chi connectivity index (χ1) is 10.1. The lowest BCUT2D eigenvalue weighted by molar-refractivity contribution is 0.468. The van der Waals surface area contributed by atoms with Gasteiger partial charge in [0.15, 0.2) is 0 Å². The van der Waals surface area contributed by atoms with Crippen LogP contribution in [0.3, 0.4) is 0 Å². The second-order valence-electron chi connectivity index (χ2n) is 5.60. The Morgan fingerprint density at radius 1 is 1.29 bits per heavy atom. The van der Waals surface area contributed by atoms with Crippen LogP contribution in [-0.4, -0.2) is 15.1 Å². The highest BCUT2D eigenvalue weighted by atomic mass is 79.9. The first-order valence-electron chi connectivity index (χ1n) is 7.46. The van der Waals surface area contributed by atoms with Crippen molar-refractivity contribution in [2.45, 2.75) is 39.2 Å². The van der Waals surface area contributed by atoms with Gasteiger partial charge in [-0.3, -0.25) is 4.68 Å². The van der Waals surface area contributed by atoms with Crippen LogP contribution in [0.15, 0.2) is 36.5 Å². The number of halogens is 2. The van der Waals surface area contributed by atoms with Crippen molar-refractivity contribution in [2.24, 2.45) is 5.92 Å². The fourth-order valence-electron chi connectivity index (χ4n) is 2.39. The third-order valence-corrected chi connectivity index (χ3v) is 4.99. The number of hydrogen-bond acceptors (Lipinski definition) is 1. The smallest absolute Gasteiger partial charge is 0.0627 e. The molecule has 2 nitrogen and oxygen atoms in total. The Bertz CT molecular complexity index is 567. The number of hydrogen-bond donors (Lipinski definition) is 0. The maximum absolute atomic E-state index is 6.06. The van der Waals surface area contributed by atoms with Crippen molar-refractivity contribution in [3.8, 4) is 0 Å². The van der Waals surface area contributed by atoms with Gasteiger partial charge in [-0.2, -0.15) is 5.10 Å². The molecule has 1 aromatic heterocycles. The Balaban J connectivity index is 2.00. The van der Waals surface area contributed by atoms with E-state index in [0.717, 1.165) is 29.6 Å². The molecule has 114 valence electrons. The third-order valence-electron chi connectivity index (χ3n) is 3.84. The van der Waals surface area contributed by atoms with Crippen molar-refractivity contribution in [1.29, 1.82) is 0 Å². The molecule has 1 heterocycles. The van der Waals surface area contributed by atoms with E-state index in [1.807, 2.05) is 12.1 Å². The predicted molar refractivity (Wildman–Crippen MR) is 93.4 cm³/mol. The fraction of sp³-hybridized carbons (Fsp3) is 0.471. The molecule has 0 bridgehead atoms. The van der Waals surface area contributed by atoms with Crippen molar-refractivity contribution in [3.63, 3.8) is 0 Å². The molecule has 0 amide bonds. The largest absolute Gasteiger partial charge is 0.270 e. The molecule has 0 saturated carbocycles. The molecule has 0 N–H and O–H groups in total. The zero-order valence-electron chi connectivity index (χ0n) is 12.6. The lowest BCUT2D eigenvalue weighted by Crippen LogP contribution is -2.11. The highest BCUT2D eigenvalue weighted by Crippen LogP contribution is 2.19. The van der Waals surface area contributed by atoms with Crippen LogP contribution in [0.25, 0.3) is 0 Å². The molecule has 0 fully saturated rings. The van der Waals surface area contributed by atoms with Gasteiger partial charge < -0.3 is 0 Å². The fourth-order valence-corrected chi connectivity index (χ4v) is 3.06. The van der Waals surface area contributed by atoms with Crippen molar-refractivity contribution < 1.29 is 0 Å². The minimum atomic E-state index is 0.467. The van der Waals surface area contributed by atoms with Gasteiger partial charge in [0.25, 0.3) is 0 Å². The minimum absolute atomic E-state index is 0.467. The van der Waals surface area contributed by atoms with Crippen LogP contribution in [0.2, 0.25) is 5.02 Å². The van der Waals surface area contributed by atoms with E-state index < -0.39 is 0 Å². The van der Waals surface area contributed by atoms with Crippen LogP contribution in [0, 0.1) is 5.92 Å². The molecule has 2 aromatic rings. The van der Waals surface area contributed by atoms with Crippen LogP contribution in [-0.2, 0) is 12.8 Å². The average molecular weight is 370 g/mol. The van der Waals surface area contributed by atoms with E-state index in [1.165, 1.54) is 11.3 Å². The molecule has 0 saturated heterocycles. The van der Waals surface area contributed by atoms with Gasteiger partial charge in [0.05, 0.1) is 5.69 Å². The summed E-state index contributed by atoms with van der Waals surface area (Å²) in [4.78, 5) is 0. The summed E-state index contributed by atoms with van der Waals surface area (Å²) in [7, 11) is 0. The van der Waals surface area contributed by atoms with Crippen LogP contribution in [0.4, 0.5) is 0 Å². The highest BCUT2D eigenvalue weighted by molar-refractivity contribution is 9.09. The molecular formula is C17H22BrClN2. The van der Waals surface area contributed by atoms with Crippen molar-refractivity contribution in [1.82, 2.24) is 9.78 Å². The SMILES string of the molecule is CCC(C)n1ccc(CC(CBr)Cc2cccc(Cl)c2)n1. The standard InChI is InChI=1S/C17H22BrClN2/c1-3-13(2)21-8-7-17(20-21)11-15(12-18)9-14-5-4-6-16(19)10-14/h4-8,10,13,15H,3,9,11-12H2,1-2H3. The second kappa shape index (κ2) is 8.00. The minimum Gasteiger partial charge on any atom is -0.270 e. The lowest BCUT2D eigenvalue weighted by atomic mass is 9.97. The molecule has 1 aromatic carbocycles. The van der Waals surface area contributed by atoms with Crippen LogP contribution >= 0.6 is 27.5 Å². The van der Waals surface area contributed by atoms with E-state index in [1.54, 1.807) is 0 Å². The summed E-state index contributed by atoms with van der Waals surface area (Å²) in [5, 5.41) is 6.47. The summed E-state index contributed by atoms with van der Waals surface area (Å²) >= 11 is 9.69.